The highest BCUT2D eigenvalue weighted by atomic mass is 16.2. The van der Waals surface area contributed by atoms with E-state index in [1.54, 1.807) is 0 Å². The number of hydrogen-bond donors (Lipinski definition) is 4. The minimum absolute atomic E-state index is 0.0800. The first-order valence-corrected chi connectivity index (χ1v) is 13.0. The minimum atomic E-state index is -0.164. The van der Waals surface area contributed by atoms with Crippen LogP contribution < -0.4 is 16.0 Å². The summed E-state index contributed by atoms with van der Waals surface area (Å²) in [7, 11) is 0. The SMILES string of the molecule is Cc1[nH]c(C=C2C(=O)Nc3ccc(-c4cnn(-c5ccccc5)c4)cc32)c(C)c1C(=O)NC1CCCNC1. The number of rotatable bonds is 5. The molecule has 1 saturated heterocycles. The van der Waals surface area contributed by atoms with Gasteiger partial charge in [0.2, 0.25) is 0 Å². The van der Waals surface area contributed by atoms with Gasteiger partial charge in [-0.1, -0.05) is 24.3 Å². The topological polar surface area (TPSA) is 104 Å². The maximum absolute atomic E-state index is 13.1. The van der Waals surface area contributed by atoms with E-state index in [9.17, 15) is 9.59 Å². The second kappa shape index (κ2) is 9.79. The first-order valence-electron chi connectivity index (χ1n) is 13.0. The molecule has 8 heteroatoms. The van der Waals surface area contributed by atoms with Crippen LogP contribution in [0.2, 0.25) is 0 Å². The van der Waals surface area contributed by atoms with Gasteiger partial charge in [0.1, 0.15) is 0 Å². The summed E-state index contributed by atoms with van der Waals surface area (Å²) in [6.07, 6.45) is 7.68. The number of para-hydroxylation sites is 1. The number of nitrogens with zero attached hydrogens (tertiary/aromatic N) is 2. The minimum Gasteiger partial charge on any atom is -0.358 e. The number of aryl methyl sites for hydroxylation is 1. The Morgan fingerprint density at radius 2 is 1.97 bits per heavy atom. The Kier molecular flexibility index (Phi) is 6.17. The number of anilines is 1. The molecule has 0 aliphatic carbocycles. The number of benzene rings is 2. The summed E-state index contributed by atoms with van der Waals surface area (Å²) in [5.41, 5.74) is 8.08. The lowest BCUT2D eigenvalue weighted by Gasteiger charge is -2.23. The summed E-state index contributed by atoms with van der Waals surface area (Å²) < 4.78 is 1.84. The lowest BCUT2D eigenvalue weighted by molar-refractivity contribution is -0.110. The molecular weight excluding hydrogens is 476 g/mol. The van der Waals surface area contributed by atoms with Gasteiger partial charge in [0.15, 0.2) is 0 Å². The number of aromatic amines is 1. The summed E-state index contributed by atoms with van der Waals surface area (Å²) in [5.74, 6) is -0.244. The van der Waals surface area contributed by atoms with Gasteiger partial charge < -0.3 is 20.9 Å². The Bertz CT molecular complexity index is 1560. The van der Waals surface area contributed by atoms with Crippen molar-refractivity contribution in [1.82, 2.24) is 25.4 Å². The molecule has 1 unspecified atom stereocenters. The van der Waals surface area contributed by atoms with E-state index >= 15 is 0 Å². The van der Waals surface area contributed by atoms with Crippen molar-refractivity contribution in [2.24, 2.45) is 0 Å². The van der Waals surface area contributed by atoms with Gasteiger partial charge in [0.25, 0.3) is 11.8 Å². The highest BCUT2D eigenvalue weighted by Crippen LogP contribution is 2.37. The fourth-order valence-corrected chi connectivity index (χ4v) is 5.34. The van der Waals surface area contributed by atoms with E-state index in [2.05, 4.69) is 26.0 Å². The second-order valence-corrected chi connectivity index (χ2v) is 9.96. The van der Waals surface area contributed by atoms with Gasteiger partial charge in [0.05, 0.1) is 23.0 Å². The van der Waals surface area contributed by atoms with Crippen LogP contribution in [0.3, 0.4) is 0 Å². The van der Waals surface area contributed by atoms with E-state index in [1.165, 1.54) is 0 Å². The van der Waals surface area contributed by atoms with Crippen molar-refractivity contribution in [3.05, 3.63) is 89.0 Å². The average Bonchev–Trinajstić information content (AvgIpc) is 3.61. The predicted octanol–water partition coefficient (Wildman–Crippen LogP) is 4.46. The van der Waals surface area contributed by atoms with Crippen LogP contribution in [-0.4, -0.2) is 45.7 Å². The van der Waals surface area contributed by atoms with Crippen LogP contribution in [0, 0.1) is 13.8 Å². The molecule has 2 amide bonds. The summed E-state index contributed by atoms with van der Waals surface area (Å²) in [4.78, 5) is 29.4. The lowest BCUT2D eigenvalue weighted by atomic mass is 9.99. The third-order valence-corrected chi connectivity index (χ3v) is 7.36. The van der Waals surface area contributed by atoms with Crippen molar-refractivity contribution in [2.75, 3.05) is 18.4 Å². The molecular formula is C30H30N6O2. The monoisotopic (exact) mass is 506 g/mol. The Morgan fingerprint density at radius 3 is 2.76 bits per heavy atom. The molecule has 8 nitrogen and oxygen atoms in total. The highest BCUT2D eigenvalue weighted by molar-refractivity contribution is 6.35. The van der Waals surface area contributed by atoms with Crippen molar-refractivity contribution in [2.45, 2.75) is 32.7 Å². The van der Waals surface area contributed by atoms with Crippen LogP contribution in [0.5, 0.6) is 0 Å². The Balaban J connectivity index is 1.30. The average molecular weight is 507 g/mol. The third-order valence-electron chi connectivity index (χ3n) is 7.36. The molecule has 1 fully saturated rings. The molecule has 1 atom stereocenters. The van der Waals surface area contributed by atoms with Crippen LogP contribution >= 0.6 is 0 Å². The Hall–Kier alpha value is -4.43. The number of carbonyl (C=O) groups is 2. The van der Waals surface area contributed by atoms with E-state index in [0.29, 0.717) is 11.1 Å². The fraction of sp³-hybridized carbons (Fsp3) is 0.233. The number of fused-ring (bicyclic) bond motifs is 1. The lowest BCUT2D eigenvalue weighted by Crippen LogP contribution is -2.45. The largest absolute Gasteiger partial charge is 0.358 e. The number of nitrogens with one attached hydrogen (secondary N) is 4. The third kappa shape index (κ3) is 4.43. The molecule has 4 aromatic rings. The van der Waals surface area contributed by atoms with Gasteiger partial charge in [-0.2, -0.15) is 5.10 Å². The molecule has 0 bridgehead atoms. The van der Waals surface area contributed by atoms with Gasteiger partial charge in [0, 0.05) is 47.0 Å². The molecule has 2 aliphatic heterocycles. The summed E-state index contributed by atoms with van der Waals surface area (Å²) in [6.45, 7) is 5.60. The second-order valence-electron chi connectivity index (χ2n) is 9.96. The zero-order valence-corrected chi connectivity index (χ0v) is 21.5. The Labute approximate surface area is 221 Å². The van der Waals surface area contributed by atoms with Crippen LogP contribution in [0.1, 0.15) is 45.7 Å². The van der Waals surface area contributed by atoms with E-state index in [1.807, 2.05) is 85.5 Å². The Morgan fingerprint density at radius 1 is 1.13 bits per heavy atom. The molecule has 38 heavy (non-hydrogen) atoms. The van der Waals surface area contributed by atoms with Gasteiger partial charge >= 0.3 is 0 Å². The molecule has 192 valence electrons. The molecule has 0 radical (unpaired) electrons. The van der Waals surface area contributed by atoms with Crippen molar-refractivity contribution < 1.29 is 9.59 Å². The smallest absolute Gasteiger partial charge is 0.256 e. The molecule has 2 aromatic heterocycles. The first-order chi connectivity index (χ1) is 18.5. The van der Waals surface area contributed by atoms with Crippen molar-refractivity contribution >= 4 is 29.2 Å². The van der Waals surface area contributed by atoms with Gasteiger partial charge in [-0.25, -0.2) is 4.68 Å². The van der Waals surface area contributed by atoms with Crippen molar-refractivity contribution in [3.63, 3.8) is 0 Å². The summed E-state index contributed by atoms with van der Waals surface area (Å²) in [5, 5.41) is 14.0. The van der Waals surface area contributed by atoms with Gasteiger partial charge in [-0.3, -0.25) is 9.59 Å². The number of amides is 2. The van der Waals surface area contributed by atoms with E-state index in [-0.39, 0.29) is 17.9 Å². The van der Waals surface area contributed by atoms with Crippen LogP contribution in [-0.2, 0) is 4.79 Å². The highest BCUT2D eigenvalue weighted by Gasteiger charge is 2.27. The maximum Gasteiger partial charge on any atom is 0.256 e. The van der Waals surface area contributed by atoms with Crippen LogP contribution in [0.25, 0.3) is 28.5 Å². The van der Waals surface area contributed by atoms with Crippen molar-refractivity contribution in [3.8, 4) is 16.8 Å². The molecule has 0 saturated carbocycles. The zero-order chi connectivity index (χ0) is 26.2. The molecule has 4 N–H and O–H groups in total. The molecule has 6 rings (SSSR count). The molecule has 4 heterocycles. The summed E-state index contributed by atoms with van der Waals surface area (Å²) in [6, 6.07) is 16.0. The number of H-pyrrole nitrogens is 1. The van der Waals surface area contributed by atoms with Crippen molar-refractivity contribution in [1.29, 1.82) is 0 Å². The number of hydrogen-bond acceptors (Lipinski definition) is 4. The molecule has 0 spiro atoms. The van der Waals surface area contributed by atoms with E-state index < -0.39 is 0 Å². The predicted molar refractivity (Wildman–Crippen MR) is 149 cm³/mol. The molecule has 2 aliphatic rings. The van der Waals surface area contributed by atoms with E-state index in [4.69, 9.17) is 0 Å². The summed E-state index contributed by atoms with van der Waals surface area (Å²) >= 11 is 0. The van der Waals surface area contributed by atoms with Gasteiger partial charge in [-0.15, -0.1) is 0 Å². The van der Waals surface area contributed by atoms with Crippen LogP contribution in [0.15, 0.2) is 60.9 Å². The van der Waals surface area contributed by atoms with Gasteiger partial charge in [-0.05, 0) is 74.7 Å². The standard InChI is InChI=1S/C30H30N6O2/c1-18-27(33-19(2)28(18)30(38)34-22-7-6-12-31-16-22)14-25-24-13-20(10-11-26(24)35-29(25)37)21-15-32-36(17-21)23-8-4-3-5-9-23/h3-5,8-11,13-15,17,22,31,33H,6-7,12,16H2,1-2H3,(H,34,38)(H,35,37). The fourth-order valence-electron chi connectivity index (χ4n) is 5.34. The van der Waals surface area contributed by atoms with Crippen LogP contribution in [0.4, 0.5) is 5.69 Å². The van der Waals surface area contributed by atoms with E-state index in [0.717, 1.165) is 70.9 Å². The first kappa shape index (κ1) is 23.9. The number of piperidine rings is 1. The quantitative estimate of drug-likeness (QED) is 0.300. The zero-order valence-electron chi connectivity index (χ0n) is 21.5. The maximum atomic E-state index is 13.1. The number of aromatic nitrogens is 3. The number of carbonyl (C=O) groups excluding carboxylic acids is 2. The normalized spacial score (nSPS) is 17.9. The molecule has 2 aromatic carbocycles.